The summed E-state index contributed by atoms with van der Waals surface area (Å²) < 4.78 is 10.9. The molecular weight excluding hydrogens is 254 g/mol. The Bertz CT molecular complexity index is 537. The van der Waals surface area contributed by atoms with Crippen LogP contribution in [0.1, 0.15) is 50.6 Å². The molecule has 2 rings (SSSR count). The first-order valence-electron chi connectivity index (χ1n) is 6.89. The summed E-state index contributed by atoms with van der Waals surface area (Å²) >= 11 is 0. The number of rotatable bonds is 6. The highest BCUT2D eigenvalue weighted by molar-refractivity contribution is 5.28. The Labute approximate surface area is 119 Å². The molecule has 0 aliphatic carbocycles. The third kappa shape index (κ3) is 2.89. The fourth-order valence-corrected chi connectivity index (χ4v) is 2.06. The van der Waals surface area contributed by atoms with Crippen LogP contribution in [-0.2, 0) is 10.3 Å². The molecule has 5 nitrogen and oxygen atoms in total. The molecule has 0 saturated heterocycles. The predicted octanol–water partition coefficient (Wildman–Crippen LogP) is 2.78. The third-order valence-corrected chi connectivity index (χ3v) is 3.29. The van der Waals surface area contributed by atoms with Crippen LogP contribution in [0.5, 0.6) is 0 Å². The second-order valence-corrected chi connectivity index (χ2v) is 4.88. The van der Waals surface area contributed by atoms with Crippen molar-refractivity contribution in [2.24, 2.45) is 5.73 Å². The Kier molecular flexibility index (Phi) is 4.52. The maximum absolute atomic E-state index is 6.35. The molecule has 5 heteroatoms. The highest BCUT2D eigenvalue weighted by Gasteiger charge is 2.31. The largest absolute Gasteiger partial charge is 0.370 e. The SMILES string of the molecule is CCOC(CC)c1noc(C(C)(N)c2ccccc2)n1. The molecule has 108 valence electrons. The minimum absolute atomic E-state index is 0.149. The average molecular weight is 275 g/mol. The van der Waals surface area contributed by atoms with Gasteiger partial charge in [-0.05, 0) is 25.8 Å². The van der Waals surface area contributed by atoms with Gasteiger partial charge in [-0.15, -0.1) is 0 Å². The van der Waals surface area contributed by atoms with Crippen molar-refractivity contribution in [1.82, 2.24) is 10.1 Å². The van der Waals surface area contributed by atoms with E-state index in [0.29, 0.717) is 18.3 Å². The molecule has 2 atom stereocenters. The number of ether oxygens (including phenoxy) is 1. The van der Waals surface area contributed by atoms with Crippen LogP contribution in [-0.4, -0.2) is 16.7 Å². The van der Waals surface area contributed by atoms with E-state index < -0.39 is 5.54 Å². The van der Waals surface area contributed by atoms with Crippen LogP contribution in [0.4, 0.5) is 0 Å². The molecule has 2 unspecified atom stereocenters. The van der Waals surface area contributed by atoms with Crippen molar-refractivity contribution in [3.63, 3.8) is 0 Å². The second-order valence-electron chi connectivity index (χ2n) is 4.88. The first kappa shape index (κ1) is 14.7. The van der Waals surface area contributed by atoms with E-state index in [1.807, 2.05) is 51.1 Å². The summed E-state index contributed by atoms with van der Waals surface area (Å²) in [5.74, 6) is 0.953. The second kappa shape index (κ2) is 6.15. The highest BCUT2D eigenvalue weighted by atomic mass is 16.5. The van der Waals surface area contributed by atoms with Crippen molar-refractivity contribution in [2.75, 3.05) is 6.61 Å². The van der Waals surface area contributed by atoms with Crippen molar-refractivity contribution < 1.29 is 9.26 Å². The van der Waals surface area contributed by atoms with E-state index in [-0.39, 0.29) is 6.10 Å². The van der Waals surface area contributed by atoms with Crippen molar-refractivity contribution >= 4 is 0 Å². The van der Waals surface area contributed by atoms with Gasteiger partial charge in [0.25, 0.3) is 5.89 Å². The lowest BCUT2D eigenvalue weighted by Gasteiger charge is -2.20. The number of benzene rings is 1. The predicted molar refractivity (Wildman–Crippen MR) is 76.0 cm³/mol. The zero-order valence-corrected chi connectivity index (χ0v) is 12.2. The van der Waals surface area contributed by atoms with E-state index in [4.69, 9.17) is 15.0 Å². The van der Waals surface area contributed by atoms with Gasteiger partial charge in [-0.2, -0.15) is 4.98 Å². The Morgan fingerprint density at radius 2 is 2.00 bits per heavy atom. The number of hydrogen-bond donors (Lipinski definition) is 1. The quantitative estimate of drug-likeness (QED) is 0.877. The summed E-state index contributed by atoms with van der Waals surface area (Å²) in [6.07, 6.45) is 0.642. The van der Waals surface area contributed by atoms with Crippen LogP contribution < -0.4 is 5.73 Å². The number of hydrogen-bond acceptors (Lipinski definition) is 5. The van der Waals surface area contributed by atoms with Crippen LogP contribution >= 0.6 is 0 Å². The Balaban J connectivity index is 2.28. The van der Waals surface area contributed by atoms with E-state index in [9.17, 15) is 0 Å². The summed E-state index contributed by atoms with van der Waals surface area (Å²) in [6.45, 7) is 6.44. The lowest BCUT2D eigenvalue weighted by molar-refractivity contribution is 0.0518. The fourth-order valence-electron chi connectivity index (χ4n) is 2.06. The summed E-state index contributed by atoms with van der Waals surface area (Å²) in [4.78, 5) is 4.42. The van der Waals surface area contributed by atoms with Gasteiger partial charge < -0.3 is 15.0 Å². The fraction of sp³-hybridized carbons (Fsp3) is 0.467. The summed E-state index contributed by atoms with van der Waals surface area (Å²) in [6, 6.07) is 9.72. The van der Waals surface area contributed by atoms with Crippen LogP contribution in [0.2, 0.25) is 0 Å². The Morgan fingerprint density at radius 3 is 2.60 bits per heavy atom. The average Bonchev–Trinajstić information content (AvgIpc) is 2.96. The molecule has 0 spiro atoms. The molecule has 1 aromatic heterocycles. The standard InChI is InChI=1S/C15H21N3O2/c1-4-12(19-5-2)13-17-14(20-18-13)15(3,16)11-9-7-6-8-10-11/h6-10,12H,4-5,16H2,1-3H3. The number of aromatic nitrogens is 2. The third-order valence-electron chi connectivity index (χ3n) is 3.29. The molecule has 0 fully saturated rings. The summed E-state index contributed by atoms with van der Waals surface area (Å²) in [5.41, 5.74) is 6.47. The molecule has 0 amide bonds. The van der Waals surface area contributed by atoms with Gasteiger partial charge >= 0.3 is 0 Å². The molecular formula is C15H21N3O2. The maximum Gasteiger partial charge on any atom is 0.251 e. The molecule has 0 radical (unpaired) electrons. The molecule has 0 aliphatic rings. The van der Waals surface area contributed by atoms with E-state index in [1.165, 1.54) is 0 Å². The molecule has 2 N–H and O–H groups in total. The van der Waals surface area contributed by atoms with Gasteiger partial charge in [-0.1, -0.05) is 42.4 Å². The minimum Gasteiger partial charge on any atom is -0.370 e. The van der Waals surface area contributed by atoms with Crippen molar-refractivity contribution in [3.05, 3.63) is 47.6 Å². The smallest absolute Gasteiger partial charge is 0.251 e. The molecule has 1 aromatic carbocycles. The maximum atomic E-state index is 6.35. The molecule has 0 saturated carbocycles. The summed E-state index contributed by atoms with van der Waals surface area (Å²) in [5, 5.41) is 4.01. The number of nitrogens with zero attached hydrogens (tertiary/aromatic N) is 2. The number of nitrogens with two attached hydrogens (primary N) is 1. The topological polar surface area (TPSA) is 74.2 Å². The van der Waals surface area contributed by atoms with Crippen LogP contribution in [0, 0.1) is 0 Å². The minimum atomic E-state index is -0.809. The Hall–Kier alpha value is -1.72. The lowest BCUT2D eigenvalue weighted by atomic mass is 9.93. The van der Waals surface area contributed by atoms with E-state index in [0.717, 1.165) is 12.0 Å². The van der Waals surface area contributed by atoms with Gasteiger partial charge in [0.15, 0.2) is 0 Å². The monoisotopic (exact) mass is 275 g/mol. The first-order valence-corrected chi connectivity index (χ1v) is 6.89. The van der Waals surface area contributed by atoms with Gasteiger partial charge in [0.1, 0.15) is 11.6 Å². The van der Waals surface area contributed by atoms with Crippen LogP contribution in [0.15, 0.2) is 34.9 Å². The summed E-state index contributed by atoms with van der Waals surface area (Å²) in [7, 11) is 0. The lowest BCUT2D eigenvalue weighted by Crippen LogP contribution is -2.34. The Morgan fingerprint density at radius 1 is 1.30 bits per heavy atom. The van der Waals surface area contributed by atoms with Gasteiger partial charge in [-0.25, -0.2) is 0 Å². The van der Waals surface area contributed by atoms with Crippen LogP contribution in [0.25, 0.3) is 0 Å². The molecule has 0 aliphatic heterocycles. The highest BCUT2D eigenvalue weighted by Crippen LogP contribution is 2.27. The van der Waals surface area contributed by atoms with Gasteiger partial charge in [0.2, 0.25) is 5.82 Å². The zero-order chi connectivity index (χ0) is 14.6. The zero-order valence-electron chi connectivity index (χ0n) is 12.2. The van der Waals surface area contributed by atoms with Crippen molar-refractivity contribution in [2.45, 2.75) is 38.8 Å². The van der Waals surface area contributed by atoms with Crippen molar-refractivity contribution in [1.29, 1.82) is 0 Å². The van der Waals surface area contributed by atoms with E-state index in [1.54, 1.807) is 0 Å². The first-order chi connectivity index (χ1) is 9.59. The molecule has 2 aromatic rings. The van der Waals surface area contributed by atoms with Gasteiger partial charge in [-0.3, -0.25) is 0 Å². The van der Waals surface area contributed by atoms with Gasteiger partial charge in [0, 0.05) is 6.61 Å². The van der Waals surface area contributed by atoms with Crippen molar-refractivity contribution in [3.8, 4) is 0 Å². The molecule has 20 heavy (non-hydrogen) atoms. The molecule has 0 bridgehead atoms. The normalized spacial score (nSPS) is 15.8. The van der Waals surface area contributed by atoms with E-state index >= 15 is 0 Å². The molecule has 1 heterocycles. The van der Waals surface area contributed by atoms with Gasteiger partial charge in [0.05, 0.1) is 0 Å². The van der Waals surface area contributed by atoms with Crippen LogP contribution in [0.3, 0.4) is 0 Å². The van der Waals surface area contributed by atoms with E-state index in [2.05, 4.69) is 10.1 Å².